The Labute approximate surface area is 98.9 Å². The second kappa shape index (κ2) is 5.11. The molecule has 1 heterocycles. The van der Waals surface area contributed by atoms with Gasteiger partial charge in [0.15, 0.2) is 0 Å². The molecule has 0 aliphatic heterocycles. The highest BCUT2D eigenvalue weighted by molar-refractivity contribution is 7.92. The molecule has 7 nitrogen and oxygen atoms in total. The predicted molar refractivity (Wildman–Crippen MR) is 62.0 cm³/mol. The molecular formula is C9H13N3O4S. The van der Waals surface area contributed by atoms with E-state index in [9.17, 15) is 13.2 Å². The number of primary amides is 1. The molecule has 0 aliphatic rings. The molecule has 1 amide bonds. The van der Waals surface area contributed by atoms with Crippen molar-refractivity contribution in [3.05, 3.63) is 23.9 Å². The van der Waals surface area contributed by atoms with E-state index in [-0.39, 0.29) is 24.5 Å². The number of carbonyl (C=O) groups is 1. The SMILES string of the molecule is CS(=O)(=O)N(CCO)c1ccc(C(N)=O)cn1. The van der Waals surface area contributed by atoms with Gasteiger partial charge in [0.2, 0.25) is 15.9 Å². The van der Waals surface area contributed by atoms with Crippen LogP contribution in [0.1, 0.15) is 10.4 Å². The number of aliphatic hydroxyl groups is 1. The van der Waals surface area contributed by atoms with Crippen molar-refractivity contribution in [1.29, 1.82) is 0 Å². The molecule has 1 aromatic heterocycles. The Bertz CT molecular complexity index is 497. The van der Waals surface area contributed by atoms with Crippen LogP contribution < -0.4 is 10.0 Å². The third-order valence-electron chi connectivity index (χ3n) is 1.99. The summed E-state index contributed by atoms with van der Waals surface area (Å²) < 4.78 is 23.8. The van der Waals surface area contributed by atoms with Crippen LogP contribution in [0.15, 0.2) is 18.3 Å². The van der Waals surface area contributed by atoms with E-state index in [4.69, 9.17) is 10.8 Å². The third kappa shape index (κ3) is 3.40. The molecule has 3 N–H and O–H groups in total. The standard InChI is InChI=1S/C9H13N3O4S/c1-17(15,16)12(4-5-13)8-3-2-7(6-11-8)9(10)14/h2-3,6,13H,4-5H2,1H3,(H2,10,14). The van der Waals surface area contributed by atoms with Crippen molar-refractivity contribution in [2.24, 2.45) is 5.73 Å². The fourth-order valence-electron chi connectivity index (χ4n) is 1.22. The van der Waals surface area contributed by atoms with Gasteiger partial charge < -0.3 is 10.8 Å². The highest BCUT2D eigenvalue weighted by Gasteiger charge is 2.18. The maximum absolute atomic E-state index is 11.4. The number of carbonyl (C=O) groups excluding carboxylic acids is 1. The summed E-state index contributed by atoms with van der Waals surface area (Å²) in [5.41, 5.74) is 5.22. The summed E-state index contributed by atoms with van der Waals surface area (Å²) >= 11 is 0. The van der Waals surface area contributed by atoms with Crippen LogP contribution in [-0.4, -0.2) is 43.8 Å². The van der Waals surface area contributed by atoms with Crippen molar-refractivity contribution < 1.29 is 18.3 Å². The minimum absolute atomic E-state index is 0.0955. The first-order valence-electron chi connectivity index (χ1n) is 4.70. The monoisotopic (exact) mass is 259 g/mol. The van der Waals surface area contributed by atoms with Crippen LogP contribution in [0.3, 0.4) is 0 Å². The fourth-order valence-corrected chi connectivity index (χ4v) is 2.08. The van der Waals surface area contributed by atoms with Crippen molar-refractivity contribution in [3.8, 4) is 0 Å². The topological polar surface area (TPSA) is 114 Å². The van der Waals surface area contributed by atoms with Crippen LogP contribution in [-0.2, 0) is 10.0 Å². The lowest BCUT2D eigenvalue weighted by Gasteiger charge is -2.19. The van der Waals surface area contributed by atoms with Crippen LogP contribution in [0, 0.1) is 0 Å². The van der Waals surface area contributed by atoms with Crippen LogP contribution in [0.2, 0.25) is 0 Å². The number of amides is 1. The van der Waals surface area contributed by atoms with E-state index in [1.165, 1.54) is 18.3 Å². The number of hydrogen-bond acceptors (Lipinski definition) is 5. The number of sulfonamides is 1. The van der Waals surface area contributed by atoms with Crippen LogP contribution in [0.25, 0.3) is 0 Å². The second-order valence-electron chi connectivity index (χ2n) is 3.33. The van der Waals surface area contributed by atoms with Crippen molar-refractivity contribution >= 4 is 21.7 Å². The highest BCUT2D eigenvalue weighted by Crippen LogP contribution is 2.14. The number of aliphatic hydroxyl groups excluding tert-OH is 1. The smallest absolute Gasteiger partial charge is 0.250 e. The zero-order chi connectivity index (χ0) is 13.1. The average molecular weight is 259 g/mol. The number of rotatable bonds is 5. The molecule has 1 rings (SSSR count). The van der Waals surface area contributed by atoms with Crippen molar-refractivity contribution in [2.75, 3.05) is 23.7 Å². The Kier molecular flexibility index (Phi) is 4.02. The van der Waals surface area contributed by atoms with Gasteiger partial charge in [0.1, 0.15) is 5.82 Å². The Morgan fingerprint density at radius 2 is 2.18 bits per heavy atom. The van der Waals surface area contributed by atoms with Gasteiger partial charge >= 0.3 is 0 Å². The van der Waals surface area contributed by atoms with Gasteiger partial charge in [-0.05, 0) is 12.1 Å². The first kappa shape index (κ1) is 13.4. The fraction of sp³-hybridized carbons (Fsp3) is 0.333. The number of nitrogens with two attached hydrogens (primary N) is 1. The summed E-state index contributed by atoms with van der Waals surface area (Å²) in [6.07, 6.45) is 2.19. The van der Waals surface area contributed by atoms with E-state index in [0.717, 1.165) is 10.6 Å². The predicted octanol–water partition coefficient (Wildman–Crippen LogP) is -1.06. The zero-order valence-electron chi connectivity index (χ0n) is 9.20. The van der Waals surface area contributed by atoms with E-state index in [0.29, 0.717) is 0 Å². The number of anilines is 1. The summed E-state index contributed by atoms with van der Waals surface area (Å²) in [6, 6.07) is 2.73. The Morgan fingerprint density at radius 1 is 1.53 bits per heavy atom. The number of pyridine rings is 1. The molecule has 0 spiro atoms. The van der Waals surface area contributed by atoms with Gasteiger partial charge in [0.25, 0.3) is 0 Å². The number of aromatic nitrogens is 1. The quantitative estimate of drug-likeness (QED) is 0.699. The Balaban J connectivity index is 3.08. The molecule has 0 atom stereocenters. The molecular weight excluding hydrogens is 246 g/mol. The first-order chi connectivity index (χ1) is 7.86. The van der Waals surface area contributed by atoms with E-state index in [2.05, 4.69) is 4.98 Å². The van der Waals surface area contributed by atoms with Crippen LogP contribution in [0.4, 0.5) is 5.82 Å². The first-order valence-corrected chi connectivity index (χ1v) is 6.55. The van der Waals surface area contributed by atoms with Crippen LogP contribution in [0.5, 0.6) is 0 Å². The molecule has 0 aromatic carbocycles. The molecule has 94 valence electrons. The van der Waals surface area contributed by atoms with Crippen LogP contribution >= 0.6 is 0 Å². The average Bonchev–Trinajstić information content (AvgIpc) is 2.24. The van der Waals surface area contributed by atoms with Crippen molar-refractivity contribution in [1.82, 2.24) is 4.98 Å². The zero-order valence-corrected chi connectivity index (χ0v) is 10.0. The molecule has 0 unspecified atom stereocenters. The summed E-state index contributed by atoms with van der Waals surface area (Å²) in [6.45, 7) is -0.423. The largest absolute Gasteiger partial charge is 0.394 e. The number of nitrogens with zero attached hydrogens (tertiary/aromatic N) is 2. The molecule has 8 heteroatoms. The van der Waals surface area contributed by atoms with Gasteiger partial charge in [0.05, 0.1) is 25.0 Å². The molecule has 0 aliphatic carbocycles. The second-order valence-corrected chi connectivity index (χ2v) is 5.23. The van der Waals surface area contributed by atoms with Gasteiger partial charge in [-0.25, -0.2) is 13.4 Å². The lowest BCUT2D eigenvalue weighted by molar-refractivity contribution is 0.1000. The van der Waals surface area contributed by atoms with Gasteiger partial charge in [-0.15, -0.1) is 0 Å². The summed E-state index contributed by atoms with van der Waals surface area (Å²) in [5.74, 6) is -0.510. The van der Waals surface area contributed by atoms with E-state index in [1.54, 1.807) is 0 Å². The van der Waals surface area contributed by atoms with Crippen molar-refractivity contribution in [2.45, 2.75) is 0 Å². The third-order valence-corrected chi connectivity index (χ3v) is 3.16. The van der Waals surface area contributed by atoms with E-state index < -0.39 is 15.9 Å². The Hall–Kier alpha value is -1.67. The van der Waals surface area contributed by atoms with Gasteiger partial charge in [-0.1, -0.05) is 0 Å². The lowest BCUT2D eigenvalue weighted by Crippen LogP contribution is -2.33. The highest BCUT2D eigenvalue weighted by atomic mass is 32.2. The summed E-state index contributed by atoms with van der Waals surface area (Å²) in [7, 11) is -3.52. The normalized spacial score (nSPS) is 11.2. The minimum Gasteiger partial charge on any atom is -0.394 e. The minimum atomic E-state index is -3.52. The molecule has 0 radical (unpaired) electrons. The van der Waals surface area contributed by atoms with Crippen molar-refractivity contribution in [3.63, 3.8) is 0 Å². The number of hydrogen-bond donors (Lipinski definition) is 2. The molecule has 0 fully saturated rings. The van der Waals surface area contributed by atoms with Gasteiger partial charge in [-0.3, -0.25) is 9.10 Å². The summed E-state index contributed by atoms with van der Waals surface area (Å²) in [5, 5.41) is 8.80. The van der Waals surface area contributed by atoms with Gasteiger partial charge in [0, 0.05) is 6.20 Å². The van der Waals surface area contributed by atoms with E-state index in [1.807, 2.05) is 0 Å². The molecule has 17 heavy (non-hydrogen) atoms. The molecule has 0 saturated heterocycles. The maximum atomic E-state index is 11.4. The lowest BCUT2D eigenvalue weighted by atomic mass is 10.3. The molecule has 0 saturated carbocycles. The molecule has 0 bridgehead atoms. The van der Waals surface area contributed by atoms with E-state index >= 15 is 0 Å². The van der Waals surface area contributed by atoms with Gasteiger partial charge in [-0.2, -0.15) is 0 Å². The molecule has 1 aromatic rings. The summed E-state index contributed by atoms with van der Waals surface area (Å²) in [4.78, 5) is 14.6. The maximum Gasteiger partial charge on any atom is 0.250 e. The Morgan fingerprint density at radius 3 is 2.53 bits per heavy atom.